The van der Waals surface area contributed by atoms with Crippen LogP contribution in [0, 0.1) is 10.1 Å². The zero-order chi connectivity index (χ0) is 24.7. The topological polar surface area (TPSA) is 116 Å². The second kappa shape index (κ2) is 8.45. The maximum atomic E-state index is 12.9. The van der Waals surface area contributed by atoms with Crippen LogP contribution in [0.4, 0.5) is 5.69 Å². The Balaban J connectivity index is 1.79. The van der Waals surface area contributed by atoms with Crippen LogP contribution in [0.1, 0.15) is 5.56 Å². The average molecular weight is 469 g/mol. The number of hydrogen-bond acceptors (Lipinski definition) is 6. The molecule has 3 aromatic carbocycles. The van der Waals surface area contributed by atoms with Crippen LogP contribution in [0.3, 0.4) is 0 Å². The van der Waals surface area contributed by atoms with Gasteiger partial charge in [0.2, 0.25) is 5.88 Å². The Bertz CT molecular complexity index is 1600. The molecule has 0 spiro atoms. The van der Waals surface area contributed by atoms with E-state index >= 15 is 0 Å². The van der Waals surface area contributed by atoms with Crippen LogP contribution in [0.5, 0.6) is 17.4 Å². The van der Waals surface area contributed by atoms with E-state index in [4.69, 9.17) is 9.47 Å². The van der Waals surface area contributed by atoms with Crippen molar-refractivity contribution in [2.75, 3.05) is 14.2 Å². The molecular weight excluding hydrogens is 450 g/mol. The number of hydrogen-bond donors (Lipinski definition) is 1. The molecule has 2 heterocycles. The molecule has 1 aromatic heterocycles. The molecule has 0 radical (unpaired) electrons. The first-order valence-corrected chi connectivity index (χ1v) is 10.6. The average Bonchev–Trinajstić information content (AvgIpc) is 3.38. The summed E-state index contributed by atoms with van der Waals surface area (Å²) in [4.78, 5) is 27.7. The van der Waals surface area contributed by atoms with E-state index in [1.165, 1.54) is 18.2 Å². The Labute approximate surface area is 199 Å². The lowest BCUT2D eigenvalue weighted by molar-refractivity contribution is -0.385. The monoisotopic (exact) mass is 469 g/mol. The Hall–Kier alpha value is -4.92. The van der Waals surface area contributed by atoms with E-state index in [2.05, 4.69) is 4.99 Å². The lowest BCUT2D eigenvalue weighted by Gasteiger charge is -2.12. The highest BCUT2D eigenvalue weighted by molar-refractivity contribution is 6.21. The summed E-state index contributed by atoms with van der Waals surface area (Å²) < 4.78 is 12.1. The van der Waals surface area contributed by atoms with E-state index in [0.29, 0.717) is 33.5 Å². The molecule has 0 atom stereocenters. The van der Waals surface area contributed by atoms with Gasteiger partial charge in [-0.3, -0.25) is 19.5 Å². The summed E-state index contributed by atoms with van der Waals surface area (Å²) in [5, 5.41) is 23.3. The van der Waals surface area contributed by atoms with Gasteiger partial charge in [0.15, 0.2) is 0 Å². The maximum Gasteiger partial charge on any atom is 0.279 e. The number of carbonyl (C=O) groups is 1. The van der Waals surface area contributed by atoms with Crippen molar-refractivity contribution >= 4 is 17.2 Å². The molecule has 9 nitrogen and oxygen atoms in total. The molecule has 1 aliphatic heterocycles. The number of nitrogens with zero attached hydrogens (tertiary/aromatic N) is 3. The fourth-order valence-corrected chi connectivity index (χ4v) is 4.13. The molecular formula is C26H19N3O6. The first-order valence-electron chi connectivity index (χ1n) is 10.6. The van der Waals surface area contributed by atoms with Gasteiger partial charge in [-0.05, 0) is 66.2 Å². The van der Waals surface area contributed by atoms with Crippen LogP contribution in [0.2, 0.25) is 0 Å². The van der Waals surface area contributed by atoms with Crippen LogP contribution in [-0.4, -0.2) is 34.7 Å². The van der Waals surface area contributed by atoms with Gasteiger partial charge in [0.1, 0.15) is 11.5 Å². The highest BCUT2D eigenvalue weighted by atomic mass is 16.6. The van der Waals surface area contributed by atoms with Crippen molar-refractivity contribution < 1.29 is 24.3 Å². The Morgan fingerprint density at radius 2 is 1.54 bits per heavy atom. The molecule has 174 valence electrons. The van der Waals surface area contributed by atoms with Gasteiger partial charge in [0, 0.05) is 23.0 Å². The molecule has 1 N–H and O–H groups in total. The predicted octanol–water partition coefficient (Wildman–Crippen LogP) is 3.13. The summed E-state index contributed by atoms with van der Waals surface area (Å²) in [6, 6.07) is 20.0. The summed E-state index contributed by atoms with van der Waals surface area (Å²) in [6.45, 7) is 0. The third kappa shape index (κ3) is 3.68. The first kappa shape index (κ1) is 21.9. The Morgan fingerprint density at radius 3 is 2.14 bits per heavy atom. The number of aromatic hydroxyl groups is 1. The minimum Gasteiger partial charge on any atom is -0.497 e. The van der Waals surface area contributed by atoms with Crippen molar-refractivity contribution in [2.45, 2.75) is 0 Å². The van der Waals surface area contributed by atoms with Crippen molar-refractivity contribution in [3.05, 3.63) is 99.1 Å². The molecule has 9 heteroatoms. The number of carbonyl (C=O) groups excluding carboxylic acids is 1. The lowest BCUT2D eigenvalue weighted by Crippen LogP contribution is -2.23. The van der Waals surface area contributed by atoms with Gasteiger partial charge in [-0.25, -0.2) is 4.99 Å². The largest absolute Gasteiger partial charge is 0.497 e. The molecule has 0 bridgehead atoms. The summed E-state index contributed by atoms with van der Waals surface area (Å²) in [7, 11) is 3.13. The normalized spacial score (nSPS) is 12.3. The van der Waals surface area contributed by atoms with Crippen LogP contribution in [-0.2, 0) is 4.79 Å². The van der Waals surface area contributed by atoms with Gasteiger partial charge in [-0.2, -0.15) is 0 Å². The number of benzene rings is 3. The molecule has 4 aromatic rings. The summed E-state index contributed by atoms with van der Waals surface area (Å²) in [5.41, 5.74) is 2.14. The highest BCUT2D eigenvalue weighted by Crippen LogP contribution is 2.38. The predicted molar refractivity (Wildman–Crippen MR) is 127 cm³/mol. The quantitative estimate of drug-likeness (QED) is 0.343. The van der Waals surface area contributed by atoms with Crippen LogP contribution >= 0.6 is 0 Å². The van der Waals surface area contributed by atoms with E-state index in [9.17, 15) is 20.0 Å². The maximum absolute atomic E-state index is 12.9. The summed E-state index contributed by atoms with van der Waals surface area (Å²) in [6.07, 6.45) is 0. The van der Waals surface area contributed by atoms with Crippen molar-refractivity contribution in [1.82, 2.24) is 4.57 Å². The van der Waals surface area contributed by atoms with Gasteiger partial charge < -0.3 is 14.6 Å². The number of rotatable bonds is 6. The third-order valence-corrected chi connectivity index (χ3v) is 5.86. The van der Waals surface area contributed by atoms with Gasteiger partial charge in [-0.1, -0.05) is 0 Å². The summed E-state index contributed by atoms with van der Waals surface area (Å²) in [5.74, 6) is 0.538. The van der Waals surface area contributed by atoms with Crippen molar-refractivity contribution in [1.29, 1.82) is 0 Å². The standard InChI is InChI=1S/C26H19N3O6/c1-34-18-8-3-15(4-9-18)23-14-21(26(31)28(23)16-5-10-19(35-2)11-6-16)24-20-13-17(29(32)33)7-12-22(20)27-25(24)30/h3-14,31H,1-2H3. The fourth-order valence-electron chi connectivity index (χ4n) is 4.13. The molecule has 0 saturated heterocycles. The van der Waals surface area contributed by atoms with Gasteiger partial charge in [0.05, 0.1) is 41.3 Å². The molecule has 0 aliphatic carbocycles. The number of ether oxygens (including phenoxy) is 2. The zero-order valence-electron chi connectivity index (χ0n) is 18.8. The van der Waals surface area contributed by atoms with Crippen molar-refractivity contribution in [3.8, 4) is 34.3 Å². The van der Waals surface area contributed by atoms with E-state index in [1.807, 2.05) is 12.1 Å². The summed E-state index contributed by atoms with van der Waals surface area (Å²) >= 11 is 0. The Kier molecular flexibility index (Phi) is 5.29. The van der Waals surface area contributed by atoms with Crippen molar-refractivity contribution in [2.24, 2.45) is 4.99 Å². The first-order chi connectivity index (χ1) is 16.9. The molecule has 1 amide bonds. The zero-order valence-corrected chi connectivity index (χ0v) is 18.8. The van der Waals surface area contributed by atoms with Crippen LogP contribution in [0.25, 0.3) is 22.5 Å². The van der Waals surface area contributed by atoms with E-state index in [0.717, 1.165) is 5.56 Å². The number of nitro groups is 1. The number of methoxy groups -OCH3 is 2. The van der Waals surface area contributed by atoms with E-state index in [1.54, 1.807) is 61.3 Å². The molecule has 0 unspecified atom stereocenters. The second-order valence-corrected chi connectivity index (χ2v) is 7.78. The van der Waals surface area contributed by atoms with Gasteiger partial charge >= 0.3 is 0 Å². The molecule has 0 fully saturated rings. The van der Waals surface area contributed by atoms with Crippen molar-refractivity contribution in [3.63, 3.8) is 0 Å². The highest BCUT2D eigenvalue weighted by Gasteiger charge is 2.27. The molecule has 1 aliphatic rings. The number of non-ortho nitro benzene ring substituents is 1. The van der Waals surface area contributed by atoms with Crippen LogP contribution < -0.4 is 20.0 Å². The minimum absolute atomic E-state index is 0.100. The SMILES string of the molecule is COc1ccc(-c2cc(C3=c4cc([N+](=O)[O-])ccc4=NC3=O)c(O)n2-c2ccc(OC)cc2)cc1. The molecule has 5 rings (SSSR count). The van der Waals surface area contributed by atoms with Gasteiger partial charge in [-0.15, -0.1) is 0 Å². The molecule has 0 saturated carbocycles. The fraction of sp³-hybridized carbons (Fsp3) is 0.0769. The number of aromatic nitrogens is 1. The van der Waals surface area contributed by atoms with Crippen LogP contribution in [0.15, 0.2) is 77.8 Å². The second-order valence-electron chi connectivity index (χ2n) is 7.78. The van der Waals surface area contributed by atoms with Gasteiger partial charge in [0.25, 0.3) is 11.6 Å². The number of amides is 1. The smallest absolute Gasteiger partial charge is 0.279 e. The number of fused-ring (bicyclic) bond motifs is 1. The Morgan fingerprint density at radius 1 is 0.914 bits per heavy atom. The number of nitro benzene ring substituents is 1. The lowest BCUT2D eigenvalue weighted by atomic mass is 10.0. The minimum atomic E-state index is -0.580. The van der Waals surface area contributed by atoms with E-state index in [-0.39, 0.29) is 22.7 Å². The van der Waals surface area contributed by atoms with E-state index < -0.39 is 10.8 Å². The molecule has 35 heavy (non-hydrogen) atoms. The third-order valence-electron chi connectivity index (χ3n) is 5.86.